The van der Waals surface area contributed by atoms with Gasteiger partial charge in [0.05, 0.1) is 11.1 Å². The molecule has 1 aromatic rings. The Labute approximate surface area is 102 Å². The van der Waals surface area contributed by atoms with Gasteiger partial charge in [-0.3, -0.25) is 0 Å². The zero-order chi connectivity index (χ0) is 11.5. The Balaban J connectivity index is 2.29. The summed E-state index contributed by atoms with van der Waals surface area (Å²) in [6.07, 6.45) is 2.40. The predicted molar refractivity (Wildman–Crippen MR) is 67.2 cm³/mol. The number of likely N-dealkylation sites (N-methyl/N-ethyl adjacent to an activating group) is 1. The Hall–Kier alpha value is -0.730. The largest absolute Gasteiger partial charge is 0.487 e. The highest BCUT2D eigenvalue weighted by Gasteiger charge is 2.34. The Kier molecular flexibility index (Phi) is 3.72. The van der Waals surface area contributed by atoms with Crippen molar-refractivity contribution in [2.75, 3.05) is 6.54 Å². The van der Waals surface area contributed by atoms with Crippen LogP contribution < -0.4 is 10.1 Å². The van der Waals surface area contributed by atoms with Crippen molar-refractivity contribution in [3.8, 4) is 5.75 Å². The first-order chi connectivity index (χ1) is 7.77. The molecule has 2 unspecified atom stereocenters. The van der Waals surface area contributed by atoms with Crippen molar-refractivity contribution in [2.45, 2.75) is 38.8 Å². The lowest BCUT2D eigenvalue weighted by atomic mass is 10.0. The van der Waals surface area contributed by atoms with Crippen LogP contribution in [0.15, 0.2) is 18.2 Å². The number of nitrogens with one attached hydrogen (secondary N) is 1. The second-order valence-electron chi connectivity index (χ2n) is 4.14. The van der Waals surface area contributed by atoms with Crippen molar-refractivity contribution in [1.29, 1.82) is 0 Å². The molecule has 0 amide bonds. The molecule has 1 N–H and O–H groups in total. The first-order valence-electron chi connectivity index (χ1n) is 5.96. The molecule has 2 atom stereocenters. The number of hydrogen-bond donors (Lipinski definition) is 1. The normalized spacial score (nSPS) is 22.9. The maximum atomic E-state index is 6.15. The average molecular weight is 240 g/mol. The summed E-state index contributed by atoms with van der Waals surface area (Å²) in [6, 6.07) is 6.27. The van der Waals surface area contributed by atoms with Gasteiger partial charge in [0.15, 0.2) is 0 Å². The van der Waals surface area contributed by atoms with Gasteiger partial charge in [-0.15, -0.1) is 0 Å². The number of benzene rings is 1. The van der Waals surface area contributed by atoms with E-state index in [0.29, 0.717) is 6.04 Å². The lowest BCUT2D eigenvalue weighted by Crippen LogP contribution is -2.30. The van der Waals surface area contributed by atoms with Crippen molar-refractivity contribution in [3.05, 3.63) is 28.8 Å². The highest BCUT2D eigenvalue weighted by Crippen LogP contribution is 2.42. The molecule has 1 aromatic carbocycles. The SMILES string of the molecule is CCCC1Oc2c(Cl)cccc2C1NCC. The third-order valence-corrected chi connectivity index (χ3v) is 3.27. The van der Waals surface area contributed by atoms with E-state index < -0.39 is 0 Å². The fourth-order valence-electron chi connectivity index (χ4n) is 2.29. The van der Waals surface area contributed by atoms with E-state index in [2.05, 4.69) is 25.2 Å². The quantitative estimate of drug-likeness (QED) is 0.868. The van der Waals surface area contributed by atoms with Gasteiger partial charge in [0.2, 0.25) is 0 Å². The molecule has 0 fully saturated rings. The fourth-order valence-corrected chi connectivity index (χ4v) is 2.51. The summed E-state index contributed by atoms with van der Waals surface area (Å²) >= 11 is 6.15. The highest BCUT2D eigenvalue weighted by molar-refractivity contribution is 6.32. The molecule has 1 aliphatic heterocycles. The summed E-state index contributed by atoms with van der Waals surface area (Å²) < 4.78 is 5.95. The molecule has 0 saturated carbocycles. The Bertz CT molecular complexity index is 367. The molecule has 1 heterocycles. The molecule has 2 rings (SSSR count). The average Bonchev–Trinajstić information content (AvgIpc) is 2.61. The van der Waals surface area contributed by atoms with Crippen molar-refractivity contribution >= 4 is 11.6 Å². The van der Waals surface area contributed by atoms with E-state index in [1.54, 1.807) is 0 Å². The summed E-state index contributed by atoms with van der Waals surface area (Å²) in [6.45, 7) is 5.24. The zero-order valence-electron chi connectivity index (χ0n) is 9.79. The van der Waals surface area contributed by atoms with Crippen LogP contribution in [-0.4, -0.2) is 12.6 Å². The molecule has 0 aliphatic carbocycles. The van der Waals surface area contributed by atoms with Crippen LogP contribution in [0, 0.1) is 0 Å². The predicted octanol–water partition coefficient (Wildman–Crippen LogP) is 3.55. The molecule has 0 aromatic heterocycles. The third kappa shape index (κ3) is 2.04. The van der Waals surface area contributed by atoms with E-state index in [1.807, 2.05) is 12.1 Å². The summed E-state index contributed by atoms with van der Waals surface area (Å²) in [5.41, 5.74) is 1.20. The van der Waals surface area contributed by atoms with Crippen LogP contribution in [0.2, 0.25) is 5.02 Å². The first-order valence-corrected chi connectivity index (χ1v) is 6.34. The minimum Gasteiger partial charge on any atom is -0.487 e. The Morgan fingerprint density at radius 2 is 2.19 bits per heavy atom. The van der Waals surface area contributed by atoms with Gasteiger partial charge in [-0.1, -0.05) is 44.0 Å². The smallest absolute Gasteiger partial charge is 0.143 e. The third-order valence-electron chi connectivity index (χ3n) is 2.97. The van der Waals surface area contributed by atoms with Crippen LogP contribution in [0.25, 0.3) is 0 Å². The van der Waals surface area contributed by atoms with E-state index in [9.17, 15) is 0 Å². The van der Waals surface area contributed by atoms with Gasteiger partial charge in [-0.25, -0.2) is 0 Å². The first kappa shape index (κ1) is 11.7. The van der Waals surface area contributed by atoms with Crippen LogP contribution in [0.3, 0.4) is 0 Å². The monoisotopic (exact) mass is 239 g/mol. The fraction of sp³-hybridized carbons (Fsp3) is 0.538. The lowest BCUT2D eigenvalue weighted by molar-refractivity contribution is 0.179. The van der Waals surface area contributed by atoms with Crippen molar-refractivity contribution in [1.82, 2.24) is 5.32 Å². The number of fused-ring (bicyclic) bond motifs is 1. The molecular weight excluding hydrogens is 222 g/mol. The highest BCUT2D eigenvalue weighted by atomic mass is 35.5. The van der Waals surface area contributed by atoms with Crippen molar-refractivity contribution in [2.24, 2.45) is 0 Å². The second kappa shape index (κ2) is 5.07. The van der Waals surface area contributed by atoms with Crippen molar-refractivity contribution < 1.29 is 4.74 Å². The van der Waals surface area contributed by atoms with Gasteiger partial charge in [0.1, 0.15) is 11.9 Å². The van der Waals surface area contributed by atoms with Crippen LogP contribution in [0.5, 0.6) is 5.75 Å². The molecule has 88 valence electrons. The van der Waals surface area contributed by atoms with Crippen LogP contribution in [0.1, 0.15) is 38.3 Å². The summed E-state index contributed by atoms with van der Waals surface area (Å²) in [4.78, 5) is 0. The van der Waals surface area contributed by atoms with Gasteiger partial charge >= 0.3 is 0 Å². The minimum absolute atomic E-state index is 0.222. The van der Waals surface area contributed by atoms with E-state index in [-0.39, 0.29) is 6.10 Å². The molecule has 2 nitrogen and oxygen atoms in total. The summed E-state index contributed by atoms with van der Waals surface area (Å²) in [7, 11) is 0. The Morgan fingerprint density at radius 1 is 1.38 bits per heavy atom. The van der Waals surface area contributed by atoms with Crippen LogP contribution >= 0.6 is 11.6 Å². The number of ether oxygens (including phenoxy) is 1. The van der Waals surface area contributed by atoms with Gasteiger partial charge in [-0.2, -0.15) is 0 Å². The van der Waals surface area contributed by atoms with Gasteiger partial charge < -0.3 is 10.1 Å². The van der Waals surface area contributed by atoms with Gasteiger partial charge in [0.25, 0.3) is 0 Å². The minimum atomic E-state index is 0.222. The maximum Gasteiger partial charge on any atom is 0.143 e. The zero-order valence-corrected chi connectivity index (χ0v) is 10.6. The number of halogens is 1. The number of rotatable bonds is 4. The molecule has 0 saturated heterocycles. The van der Waals surface area contributed by atoms with E-state index in [1.165, 1.54) is 5.56 Å². The van der Waals surface area contributed by atoms with Gasteiger partial charge in [-0.05, 0) is 19.0 Å². The van der Waals surface area contributed by atoms with Crippen LogP contribution in [-0.2, 0) is 0 Å². The summed E-state index contributed by atoms with van der Waals surface area (Å²) in [5, 5.41) is 4.20. The molecule has 3 heteroatoms. The molecule has 16 heavy (non-hydrogen) atoms. The molecule has 0 spiro atoms. The van der Waals surface area contributed by atoms with E-state index in [4.69, 9.17) is 16.3 Å². The standard InChI is InChI=1S/C13H18ClNO/c1-3-6-11-12(15-4-2)9-7-5-8-10(14)13(9)16-11/h5,7-8,11-12,15H,3-4,6H2,1-2H3. The topological polar surface area (TPSA) is 21.3 Å². The summed E-state index contributed by atoms with van der Waals surface area (Å²) in [5.74, 6) is 0.869. The Morgan fingerprint density at radius 3 is 2.88 bits per heavy atom. The number of para-hydroxylation sites is 1. The molecule has 0 radical (unpaired) electrons. The van der Waals surface area contributed by atoms with Crippen LogP contribution in [0.4, 0.5) is 0 Å². The van der Waals surface area contributed by atoms with Gasteiger partial charge in [0, 0.05) is 5.56 Å². The maximum absolute atomic E-state index is 6.15. The molecular formula is C13H18ClNO. The number of hydrogen-bond acceptors (Lipinski definition) is 2. The van der Waals surface area contributed by atoms with Crippen molar-refractivity contribution in [3.63, 3.8) is 0 Å². The second-order valence-corrected chi connectivity index (χ2v) is 4.55. The molecule has 0 bridgehead atoms. The van der Waals surface area contributed by atoms with E-state index >= 15 is 0 Å². The lowest BCUT2D eigenvalue weighted by Gasteiger charge is -2.18. The van der Waals surface area contributed by atoms with E-state index in [0.717, 1.165) is 30.2 Å². The molecule has 1 aliphatic rings.